The molecule has 0 radical (unpaired) electrons. The van der Waals surface area contributed by atoms with Gasteiger partial charge in [-0.15, -0.1) is 12.4 Å². The number of nitrogens with two attached hydrogens (primary N) is 1. The van der Waals surface area contributed by atoms with E-state index in [1.807, 2.05) is 26.1 Å². The summed E-state index contributed by atoms with van der Waals surface area (Å²) in [5.74, 6) is 1.39. The number of hydrogen-bond donors (Lipinski definition) is 1. The molecular weight excluding hydrogens is 312 g/mol. The number of aryl methyl sites for hydroxylation is 2. The first-order valence-electron chi connectivity index (χ1n) is 8.01. The van der Waals surface area contributed by atoms with Gasteiger partial charge in [-0.2, -0.15) is 0 Å². The summed E-state index contributed by atoms with van der Waals surface area (Å²) in [4.78, 5) is 13.8. The van der Waals surface area contributed by atoms with E-state index in [4.69, 9.17) is 10.5 Å². The quantitative estimate of drug-likeness (QED) is 0.788. The van der Waals surface area contributed by atoms with Gasteiger partial charge in [0.25, 0.3) is 0 Å². The molecule has 1 atom stereocenters. The van der Waals surface area contributed by atoms with Crippen LogP contribution in [0.3, 0.4) is 0 Å². The zero-order chi connectivity index (χ0) is 16.7. The molecule has 132 valence electrons. The fourth-order valence-corrected chi connectivity index (χ4v) is 2.20. The van der Waals surface area contributed by atoms with Crippen LogP contribution in [0, 0.1) is 19.8 Å². The van der Waals surface area contributed by atoms with Gasteiger partial charge < -0.3 is 15.4 Å². The van der Waals surface area contributed by atoms with Crippen LogP contribution in [0.2, 0.25) is 0 Å². The molecule has 0 aliphatic rings. The van der Waals surface area contributed by atoms with Gasteiger partial charge in [0.2, 0.25) is 5.91 Å². The highest BCUT2D eigenvalue weighted by Crippen LogP contribution is 2.18. The highest BCUT2D eigenvalue weighted by atomic mass is 35.5. The van der Waals surface area contributed by atoms with Crippen molar-refractivity contribution < 1.29 is 9.53 Å². The first kappa shape index (κ1) is 21.7. The number of hydrogen-bond acceptors (Lipinski definition) is 3. The predicted octanol–water partition coefficient (Wildman–Crippen LogP) is 3.33. The summed E-state index contributed by atoms with van der Waals surface area (Å²) in [6, 6.07) is 6.20. The first-order valence-corrected chi connectivity index (χ1v) is 8.01. The van der Waals surface area contributed by atoms with Gasteiger partial charge in [-0.3, -0.25) is 4.79 Å². The fourth-order valence-electron chi connectivity index (χ4n) is 2.20. The SMILES string of the molecule is Cc1ccc(OCCC(=O)N(C)CCC(N)C(C)C)c(C)c1.Cl. The zero-order valence-electron chi connectivity index (χ0n) is 15.0. The van der Waals surface area contributed by atoms with Gasteiger partial charge in [-0.1, -0.05) is 31.5 Å². The second-order valence-corrected chi connectivity index (χ2v) is 6.38. The third-order valence-corrected chi connectivity index (χ3v) is 3.98. The van der Waals surface area contributed by atoms with Crippen molar-refractivity contribution >= 4 is 18.3 Å². The average molecular weight is 343 g/mol. The molecule has 0 heterocycles. The Hall–Kier alpha value is -1.26. The Balaban J connectivity index is 0.00000484. The second kappa shape index (κ2) is 10.5. The lowest BCUT2D eigenvalue weighted by molar-refractivity contribution is -0.130. The molecule has 1 rings (SSSR count). The summed E-state index contributed by atoms with van der Waals surface area (Å²) in [6.07, 6.45) is 1.22. The van der Waals surface area contributed by atoms with Crippen LogP contribution in [-0.4, -0.2) is 37.0 Å². The maximum absolute atomic E-state index is 12.1. The van der Waals surface area contributed by atoms with Gasteiger partial charge >= 0.3 is 0 Å². The van der Waals surface area contributed by atoms with Crippen LogP contribution in [0.4, 0.5) is 0 Å². The molecule has 1 aromatic carbocycles. The van der Waals surface area contributed by atoms with Crippen LogP contribution in [0.5, 0.6) is 5.75 Å². The van der Waals surface area contributed by atoms with Gasteiger partial charge in [0.05, 0.1) is 13.0 Å². The Bertz CT molecular complexity index is 492. The van der Waals surface area contributed by atoms with E-state index < -0.39 is 0 Å². The standard InChI is InChI=1S/C18H30N2O2.ClH/c1-13(2)16(19)8-10-20(5)18(21)9-11-22-17-7-6-14(3)12-15(17)4;/h6-7,12-13,16H,8-11,19H2,1-5H3;1H. The summed E-state index contributed by atoms with van der Waals surface area (Å²) in [6.45, 7) is 9.38. The summed E-state index contributed by atoms with van der Waals surface area (Å²) in [5.41, 5.74) is 8.32. The normalized spacial score (nSPS) is 11.8. The molecule has 0 aromatic heterocycles. The maximum atomic E-state index is 12.1. The van der Waals surface area contributed by atoms with E-state index >= 15 is 0 Å². The molecule has 5 heteroatoms. The molecule has 0 fully saturated rings. The molecule has 1 unspecified atom stereocenters. The van der Waals surface area contributed by atoms with Crippen LogP contribution in [0.15, 0.2) is 18.2 Å². The van der Waals surface area contributed by atoms with E-state index in [1.165, 1.54) is 5.56 Å². The van der Waals surface area contributed by atoms with Gasteiger partial charge in [0, 0.05) is 19.6 Å². The van der Waals surface area contributed by atoms with Crippen molar-refractivity contribution in [3.8, 4) is 5.75 Å². The summed E-state index contributed by atoms with van der Waals surface area (Å²) in [5, 5.41) is 0. The number of carbonyl (C=O) groups is 1. The van der Waals surface area contributed by atoms with Crippen molar-refractivity contribution in [1.82, 2.24) is 4.90 Å². The lowest BCUT2D eigenvalue weighted by Crippen LogP contribution is -2.35. The third-order valence-electron chi connectivity index (χ3n) is 3.98. The Morgan fingerprint density at radius 1 is 1.30 bits per heavy atom. The molecule has 0 saturated heterocycles. The monoisotopic (exact) mass is 342 g/mol. The van der Waals surface area contributed by atoms with E-state index in [2.05, 4.69) is 26.8 Å². The smallest absolute Gasteiger partial charge is 0.225 e. The molecule has 0 spiro atoms. The molecule has 2 N–H and O–H groups in total. The highest BCUT2D eigenvalue weighted by molar-refractivity contribution is 5.85. The van der Waals surface area contributed by atoms with Crippen LogP contribution in [0.25, 0.3) is 0 Å². The van der Waals surface area contributed by atoms with Gasteiger partial charge in [0.15, 0.2) is 0 Å². The summed E-state index contributed by atoms with van der Waals surface area (Å²) >= 11 is 0. The maximum Gasteiger partial charge on any atom is 0.225 e. The number of halogens is 1. The Morgan fingerprint density at radius 2 is 1.96 bits per heavy atom. The number of benzene rings is 1. The van der Waals surface area contributed by atoms with Gasteiger partial charge in [-0.25, -0.2) is 0 Å². The lowest BCUT2D eigenvalue weighted by Gasteiger charge is -2.21. The van der Waals surface area contributed by atoms with Gasteiger partial charge in [0.1, 0.15) is 5.75 Å². The summed E-state index contributed by atoms with van der Waals surface area (Å²) < 4.78 is 5.70. The van der Waals surface area contributed by atoms with E-state index in [9.17, 15) is 4.79 Å². The average Bonchev–Trinajstić information content (AvgIpc) is 2.46. The molecule has 23 heavy (non-hydrogen) atoms. The minimum atomic E-state index is 0. The fraction of sp³-hybridized carbons (Fsp3) is 0.611. The van der Waals surface area contributed by atoms with Gasteiger partial charge in [-0.05, 0) is 37.8 Å². The molecule has 1 aromatic rings. The molecule has 0 bridgehead atoms. The van der Waals surface area contributed by atoms with E-state index in [1.54, 1.807) is 4.90 Å². The second-order valence-electron chi connectivity index (χ2n) is 6.38. The number of ether oxygens (including phenoxy) is 1. The first-order chi connectivity index (χ1) is 10.3. The van der Waals surface area contributed by atoms with Crippen molar-refractivity contribution in [2.75, 3.05) is 20.2 Å². The molecule has 0 saturated carbocycles. The Kier molecular flexibility index (Phi) is 9.93. The largest absolute Gasteiger partial charge is 0.493 e. The minimum absolute atomic E-state index is 0. The third kappa shape index (κ3) is 7.71. The van der Waals surface area contributed by atoms with E-state index in [0.717, 1.165) is 17.7 Å². The number of carbonyl (C=O) groups excluding carboxylic acids is 1. The van der Waals surface area contributed by atoms with Crippen LogP contribution < -0.4 is 10.5 Å². The predicted molar refractivity (Wildman–Crippen MR) is 98.3 cm³/mol. The van der Waals surface area contributed by atoms with Crippen molar-refractivity contribution in [1.29, 1.82) is 0 Å². The van der Waals surface area contributed by atoms with Crippen molar-refractivity contribution in [2.45, 2.75) is 46.6 Å². The molecule has 0 aliphatic carbocycles. The molecule has 0 aliphatic heterocycles. The van der Waals surface area contributed by atoms with Crippen LogP contribution in [-0.2, 0) is 4.79 Å². The minimum Gasteiger partial charge on any atom is -0.493 e. The molecule has 4 nitrogen and oxygen atoms in total. The lowest BCUT2D eigenvalue weighted by atomic mass is 10.0. The van der Waals surface area contributed by atoms with Crippen LogP contribution >= 0.6 is 12.4 Å². The number of rotatable bonds is 8. The summed E-state index contributed by atoms with van der Waals surface area (Å²) in [7, 11) is 1.83. The van der Waals surface area contributed by atoms with Crippen molar-refractivity contribution in [3.05, 3.63) is 29.3 Å². The Morgan fingerprint density at radius 3 is 2.52 bits per heavy atom. The highest BCUT2D eigenvalue weighted by Gasteiger charge is 2.13. The zero-order valence-corrected chi connectivity index (χ0v) is 15.8. The number of nitrogens with zero attached hydrogens (tertiary/aromatic N) is 1. The topological polar surface area (TPSA) is 55.6 Å². The molecule has 1 amide bonds. The van der Waals surface area contributed by atoms with Crippen LogP contribution in [0.1, 0.15) is 37.8 Å². The van der Waals surface area contributed by atoms with Crippen molar-refractivity contribution in [2.24, 2.45) is 11.7 Å². The van der Waals surface area contributed by atoms with E-state index in [0.29, 0.717) is 25.5 Å². The number of amides is 1. The van der Waals surface area contributed by atoms with E-state index in [-0.39, 0.29) is 24.4 Å². The van der Waals surface area contributed by atoms with Crippen molar-refractivity contribution in [3.63, 3.8) is 0 Å². The Labute approximate surface area is 146 Å². The molecular formula is C18H31ClN2O2.